The Morgan fingerprint density at radius 2 is 1.20 bits per heavy atom. The normalized spacial score (nSPS) is 11.5. The molecule has 0 aliphatic carbocycles. The molecule has 1 aromatic rings. The predicted molar refractivity (Wildman–Crippen MR) is 83.2 cm³/mol. The van der Waals surface area contributed by atoms with E-state index >= 15 is 0 Å². The van der Waals surface area contributed by atoms with Crippen molar-refractivity contribution in [2.24, 2.45) is 0 Å². The summed E-state index contributed by atoms with van der Waals surface area (Å²) >= 11 is 0. The van der Waals surface area contributed by atoms with Crippen molar-refractivity contribution in [3.63, 3.8) is 0 Å². The van der Waals surface area contributed by atoms with E-state index in [2.05, 4.69) is 0 Å². The monoisotopic (exact) mass is 283 g/mol. The van der Waals surface area contributed by atoms with Gasteiger partial charge in [0.1, 0.15) is 0 Å². The molecule has 0 radical (unpaired) electrons. The third-order valence-electron chi connectivity index (χ3n) is 3.20. The van der Waals surface area contributed by atoms with Gasteiger partial charge in [0.05, 0.1) is 11.2 Å². The molecule has 1 rings (SSSR count). The lowest BCUT2D eigenvalue weighted by Gasteiger charge is -2.31. The fourth-order valence-corrected chi connectivity index (χ4v) is 0.945. The van der Waals surface area contributed by atoms with E-state index in [-0.39, 0.29) is 0 Å². The molecule has 0 amide bonds. The SMILES string of the molecule is CC(C)(O)C(C)(C)O.CN(C)c1ccc(B(O)O)cc1. The van der Waals surface area contributed by atoms with Crippen molar-refractivity contribution in [1.82, 2.24) is 0 Å². The molecule has 0 saturated carbocycles. The molecule has 0 saturated heterocycles. The highest BCUT2D eigenvalue weighted by molar-refractivity contribution is 6.58. The molecule has 20 heavy (non-hydrogen) atoms. The van der Waals surface area contributed by atoms with E-state index in [1.165, 1.54) is 0 Å². The fourth-order valence-electron chi connectivity index (χ4n) is 0.945. The lowest BCUT2D eigenvalue weighted by Crippen LogP contribution is -2.44. The number of nitrogens with zero attached hydrogens (tertiary/aromatic N) is 1. The Balaban J connectivity index is 0.000000396. The Hall–Kier alpha value is -1.08. The van der Waals surface area contributed by atoms with Crippen molar-refractivity contribution in [2.75, 3.05) is 19.0 Å². The number of aliphatic hydroxyl groups is 2. The molecule has 0 atom stereocenters. The van der Waals surface area contributed by atoms with Gasteiger partial charge in [-0.25, -0.2) is 0 Å². The van der Waals surface area contributed by atoms with Gasteiger partial charge in [-0.3, -0.25) is 0 Å². The first-order valence-corrected chi connectivity index (χ1v) is 6.44. The summed E-state index contributed by atoms with van der Waals surface area (Å²) in [6, 6.07) is 7.07. The minimum Gasteiger partial charge on any atom is -0.423 e. The summed E-state index contributed by atoms with van der Waals surface area (Å²) in [6.45, 7) is 6.31. The van der Waals surface area contributed by atoms with Crippen molar-refractivity contribution in [2.45, 2.75) is 38.9 Å². The average Bonchev–Trinajstić information content (AvgIpc) is 2.27. The molecule has 4 N–H and O–H groups in total. The van der Waals surface area contributed by atoms with Crippen LogP contribution >= 0.6 is 0 Å². The molecule has 0 bridgehead atoms. The molecule has 5 nitrogen and oxygen atoms in total. The van der Waals surface area contributed by atoms with Gasteiger partial charge in [0.15, 0.2) is 0 Å². The van der Waals surface area contributed by atoms with Crippen molar-refractivity contribution >= 4 is 18.3 Å². The van der Waals surface area contributed by atoms with Gasteiger partial charge in [-0.1, -0.05) is 12.1 Å². The van der Waals surface area contributed by atoms with Crippen molar-refractivity contribution in [3.05, 3.63) is 24.3 Å². The Bertz CT molecular complexity index is 352. The highest BCUT2D eigenvalue weighted by Gasteiger charge is 2.31. The minimum absolute atomic E-state index is 0.514. The third-order valence-corrected chi connectivity index (χ3v) is 3.20. The first-order valence-electron chi connectivity index (χ1n) is 6.44. The molecule has 0 fully saturated rings. The van der Waals surface area contributed by atoms with E-state index in [9.17, 15) is 0 Å². The minimum atomic E-state index is -1.37. The van der Waals surface area contributed by atoms with Crippen LogP contribution in [0.5, 0.6) is 0 Å². The molecule has 114 valence electrons. The summed E-state index contributed by atoms with van der Waals surface area (Å²) in [5.41, 5.74) is -0.458. The summed E-state index contributed by atoms with van der Waals surface area (Å²) in [7, 11) is 2.50. The number of anilines is 1. The van der Waals surface area contributed by atoms with Crippen LogP contribution in [0.25, 0.3) is 0 Å². The second-order valence-electron chi connectivity index (χ2n) is 5.98. The molecule has 1 aromatic carbocycles. The van der Waals surface area contributed by atoms with Crippen LogP contribution in [0.2, 0.25) is 0 Å². The highest BCUT2D eigenvalue weighted by Crippen LogP contribution is 2.19. The van der Waals surface area contributed by atoms with Crippen LogP contribution in [0.3, 0.4) is 0 Å². The van der Waals surface area contributed by atoms with Gasteiger partial charge >= 0.3 is 7.12 Å². The molecule has 0 aromatic heterocycles. The molecule has 0 heterocycles. The quantitative estimate of drug-likeness (QED) is 0.585. The molecule has 6 heteroatoms. The highest BCUT2D eigenvalue weighted by atomic mass is 16.4. The van der Waals surface area contributed by atoms with Crippen LogP contribution in [0.15, 0.2) is 24.3 Å². The maximum Gasteiger partial charge on any atom is 0.488 e. The van der Waals surface area contributed by atoms with E-state index in [4.69, 9.17) is 20.3 Å². The lowest BCUT2D eigenvalue weighted by molar-refractivity contribution is -0.107. The van der Waals surface area contributed by atoms with Gasteiger partial charge in [-0.2, -0.15) is 0 Å². The maximum atomic E-state index is 9.10. The van der Waals surface area contributed by atoms with Gasteiger partial charge in [0, 0.05) is 19.8 Å². The Morgan fingerprint density at radius 1 is 0.850 bits per heavy atom. The van der Waals surface area contributed by atoms with Crippen LogP contribution in [0.4, 0.5) is 5.69 Å². The van der Waals surface area contributed by atoms with Crippen molar-refractivity contribution < 1.29 is 20.3 Å². The lowest BCUT2D eigenvalue weighted by atomic mass is 9.80. The van der Waals surface area contributed by atoms with Crippen LogP contribution in [-0.4, -0.2) is 52.7 Å². The van der Waals surface area contributed by atoms with Crippen molar-refractivity contribution in [3.8, 4) is 0 Å². The zero-order valence-electron chi connectivity index (χ0n) is 13.1. The summed E-state index contributed by atoms with van der Waals surface area (Å²) in [5.74, 6) is 0. The van der Waals surface area contributed by atoms with E-state index in [1.807, 2.05) is 31.1 Å². The van der Waals surface area contributed by atoms with Gasteiger partial charge in [0.2, 0.25) is 0 Å². The standard InChI is InChI=1S/C8H12BNO2.C6H14O2/c1-10(2)8-5-3-7(4-6-8)9(11)12;1-5(2,7)6(3,4)8/h3-6,11-12H,1-2H3;7-8H,1-4H3. The molecule has 0 unspecified atom stereocenters. The molecule has 0 spiro atoms. The molecular formula is C14H26BNO4. The number of benzene rings is 1. The first kappa shape index (κ1) is 18.9. The van der Waals surface area contributed by atoms with Gasteiger partial charge in [-0.15, -0.1) is 0 Å². The maximum absolute atomic E-state index is 9.10. The summed E-state index contributed by atoms with van der Waals surface area (Å²) in [5, 5.41) is 35.8. The Labute approximate surface area is 121 Å². The topological polar surface area (TPSA) is 84.2 Å². The summed E-state index contributed by atoms with van der Waals surface area (Å²) in [6.07, 6.45) is 0. The predicted octanol–water partition coefficient (Wildman–Crippen LogP) is -0.0394. The van der Waals surface area contributed by atoms with E-state index < -0.39 is 18.3 Å². The second-order valence-corrected chi connectivity index (χ2v) is 5.98. The van der Waals surface area contributed by atoms with Crippen LogP contribution in [0.1, 0.15) is 27.7 Å². The van der Waals surface area contributed by atoms with Gasteiger partial charge in [0.25, 0.3) is 0 Å². The Morgan fingerprint density at radius 3 is 1.40 bits per heavy atom. The molecular weight excluding hydrogens is 257 g/mol. The van der Waals surface area contributed by atoms with Crippen molar-refractivity contribution in [1.29, 1.82) is 0 Å². The summed E-state index contributed by atoms with van der Waals surface area (Å²) < 4.78 is 0. The van der Waals surface area contributed by atoms with Crippen LogP contribution in [-0.2, 0) is 0 Å². The zero-order chi connectivity index (χ0) is 16.1. The largest absolute Gasteiger partial charge is 0.488 e. The van der Waals surface area contributed by atoms with E-state index in [0.717, 1.165) is 5.69 Å². The number of hydrogen-bond donors (Lipinski definition) is 4. The average molecular weight is 283 g/mol. The van der Waals surface area contributed by atoms with Crippen LogP contribution < -0.4 is 10.4 Å². The smallest absolute Gasteiger partial charge is 0.423 e. The number of rotatable bonds is 3. The van der Waals surface area contributed by atoms with Gasteiger partial charge in [-0.05, 0) is 45.3 Å². The fraction of sp³-hybridized carbons (Fsp3) is 0.571. The Kier molecular flexibility index (Phi) is 6.70. The second kappa shape index (κ2) is 7.08. The number of hydrogen-bond acceptors (Lipinski definition) is 5. The summed E-state index contributed by atoms with van der Waals surface area (Å²) in [4.78, 5) is 1.95. The van der Waals surface area contributed by atoms with Gasteiger partial charge < -0.3 is 25.2 Å². The molecule has 0 aliphatic rings. The third kappa shape index (κ3) is 6.39. The molecule has 0 aliphatic heterocycles. The van der Waals surface area contributed by atoms with E-state index in [1.54, 1.807) is 39.8 Å². The zero-order valence-corrected chi connectivity index (χ0v) is 13.1. The van der Waals surface area contributed by atoms with Crippen LogP contribution in [0, 0.1) is 0 Å². The first-order chi connectivity index (χ1) is 8.86. The van der Waals surface area contributed by atoms with E-state index in [0.29, 0.717) is 5.46 Å².